The van der Waals surface area contributed by atoms with Crippen molar-refractivity contribution in [3.05, 3.63) is 6.33 Å². The first-order valence-electron chi connectivity index (χ1n) is 6.29. The molecular formula is C12H20N4O2. The molecule has 100 valence electrons. The first kappa shape index (κ1) is 12.9. The van der Waals surface area contributed by atoms with E-state index in [1.54, 1.807) is 0 Å². The Bertz CT molecular complexity index is 417. The third kappa shape index (κ3) is 3.45. The lowest BCUT2D eigenvalue weighted by Crippen LogP contribution is -2.29. The van der Waals surface area contributed by atoms with E-state index in [1.165, 1.54) is 11.0 Å². The summed E-state index contributed by atoms with van der Waals surface area (Å²) in [7, 11) is 0. The van der Waals surface area contributed by atoms with Gasteiger partial charge in [-0.25, -0.2) is 9.67 Å². The van der Waals surface area contributed by atoms with Gasteiger partial charge in [0.2, 0.25) is 5.95 Å². The lowest BCUT2D eigenvalue weighted by Gasteiger charge is -2.33. The summed E-state index contributed by atoms with van der Waals surface area (Å²) < 4.78 is 6.82. The van der Waals surface area contributed by atoms with Crippen LogP contribution >= 0.6 is 0 Å². The molecule has 2 rings (SSSR count). The largest absolute Gasteiger partial charge is 0.461 e. The number of carbonyl (C=O) groups is 1. The summed E-state index contributed by atoms with van der Waals surface area (Å²) in [5.41, 5.74) is 5.75. The highest BCUT2D eigenvalue weighted by Crippen LogP contribution is 2.36. The minimum atomic E-state index is -0.274. The van der Waals surface area contributed by atoms with E-state index in [9.17, 15) is 4.79 Å². The number of nitrogens with two attached hydrogens (primary N) is 1. The van der Waals surface area contributed by atoms with Crippen molar-refractivity contribution >= 4 is 11.9 Å². The Hall–Kier alpha value is -1.59. The Morgan fingerprint density at radius 2 is 2.22 bits per heavy atom. The Balaban J connectivity index is 1.78. The van der Waals surface area contributed by atoms with Crippen molar-refractivity contribution in [2.24, 2.45) is 5.41 Å². The highest BCUT2D eigenvalue weighted by Gasteiger charge is 2.28. The molecule has 0 bridgehead atoms. The molecule has 0 atom stereocenters. The predicted molar refractivity (Wildman–Crippen MR) is 66.6 cm³/mol. The Kier molecular flexibility index (Phi) is 3.54. The van der Waals surface area contributed by atoms with Crippen LogP contribution in [0.3, 0.4) is 0 Å². The van der Waals surface area contributed by atoms with Crippen molar-refractivity contribution in [2.75, 3.05) is 5.73 Å². The van der Waals surface area contributed by atoms with Gasteiger partial charge in [-0.2, -0.15) is 0 Å². The van der Waals surface area contributed by atoms with Crippen molar-refractivity contribution in [3.63, 3.8) is 0 Å². The number of hydrogen-bond acceptors (Lipinski definition) is 5. The molecule has 2 N–H and O–H groups in total. The van der Waals surface area contributed by atoms with Gasteiger partial charge in [-0.3, -0.25) is 4.79 Å². The zero-order valence-electron chi connectivity index (χ0n) is 10.9. The maximum atomic E-state index is 11.7. The minimum absolute atomic E-state index is 0.0476. The third-order valence-corrected chi connectivity index (χ3v) is 3.43. The maximum absolute atomic E-state index is 11.7. The second kappa shape index (κ2) is 4.96. The summed E-state index contributed by atoms with van der Waals surface area (Å²) in [6.45, 7) is 4.58. The molecule has 0 saturated heterocycles. The van der Waals surface area contributed by atoms with Crippen molar-refractivity contribution in [1.82, 2.24) is 14.8 Å². The monoisotopic (exact) mass is 252 g/mol. The van der Waals surface area contributed by atoms with Gasteiger partial charge in [0, 0.05) is 0 Å². The van der Waals surface area contributed by atoms with Crippen molar-refractivity contribution < 1.29 is 9.53 Å². The second-order valence-electron chi connectivity index (χ2n) is 5.65. The molecule has 6 nitrogen and oxygen atoms in total. The Morgan fingerprint density at radius 1 is 1.56 bits per heavy atom. The van der Waals surface area contributed by atoms with Crippen LogP contribution in [0.2, 0.25) is 0 Å². The van der Waals surface area contributed by atoms with Crippen LogP contribution in [0.1, 0.15) is 39.5 Å². The zero-order valence-corrected chi connectivity index (χ0v) is 10.9. The minimum Gasteiger partial charge on any atom is -0.461 e. The molecule has 1 aromatic rings. The first-order valence-corrected chi connectivity index (χ1v) is 6.29. The van der Waals surface area contributed by atoms with Crippen LogP contribution in [0, 0.1) is 5.41 Å². The zero-order chi connectivity index (χ0) is 13.2. The quantitative estimate of drug-likeness (QED) is 0.821. The fourth-order valence-electron chi connectivity index (χ4n) is 2.23. The van der Waals surface area contributed by atoms with Crippen molar-refractivity contribution in [2.45, 2.75) is 52.2 Å². The van der Waals surface area contributed by atoms with E-state index in [4.69, 9.17) is 10.5 Å². The van der Waals surface area contributed by atoms with E-state index in [2.05, 4.69) is 23.9 Å². The van der Waals surface area contributed by atoms with E-state index in [-0.39, 0.29) is 24.6 Å². The number of anilines is 1. The molecule has 0 aromatic carbocycles. The normalized spacial score (nSPS) is 19.7. The van der Waals surface area contributed by atoms with Gasteiger partial charge < -0.3 is 10.5 Å². The lowest BCUT2D eigenvalue weighted by molar-refractivity contribution is -0.152. The van der Waals surface area contributed by atoms with Crippen molar-refractivity contribution in [1.29, 1.82) is 0 Å². The number of carbonyl (C=O) groups excluding carboxylic acids is 1. The molecule has 1 saturated carbocycles. The van der Waals surface area contributed by atoms with Crippen LogP contribution < -0.4 is 5.73 Å². The average Bonchev–Trinajstić information content (AvgIpc) is 2.67. The van der Waals surface area contributed by atoms with Gasteiger partial charge in [-0.05, 0) is 31.1 Å². The summed E-state index contributed by atoms with van der Waals surface area (Å²) in [6.07, 6.45) is 5.56. The molecule has 0 aliphatic heterocycles. The summed E-state index contributed by atoms with van der Waals surface area (Å²) >= 11 is 0. The molecule has 0 radical (unpaired) electrons. The van der Waals surface area contributed by atoms with Gasteiger partial charge in [0.25, 0.3) is 0 Å². The Morgan fingerprint density at radius 3 is 2.78 bits per heavy atom. The number of nitrogen functional groups attached to an aromatic ring is 1. The fourth-order valence-corrected chi connectivity index (χ4v) is 2.23. The van der Waals surface area contributed by atoms with Gasteiger partial charge in [-0.15, -0.1) is 5.10 Å². The molecule has 0 amide bonds. The highest BCUT2D eigenvalue weighted by atomic mass is 16.5. The van der Waals surface area contributed by atoms with E-state index in [0.717, 1.165) is 25.7 Å². The number of rotatable bonds is 3. The smallest absolute Gasteiger partial charge is 0.328 e. The SMILES string of the molecule is CC1(C)CCC(OC(=O)Cn2cnc(N)n2)CC1. The van der Waals surface area contributed by atoms with Crippen molar-refractivity contribution in [3.8, 4) is 0 Å². The summed E-state index contributed by atoms with van der Waals surface area (Å²) in [5, 5.41) is 3.85. The average molecular weight is 252 g/mol. The van der Waals surface area contributed by atoms with E-state index in [1.807, 2.05) is 0 Å². The van der Waals surface area contributed by atoms with Crippen LogP contribution in [-0.2, 0) is 16.1 Å². The molecule has 1 fully saturated rings. The van der Waals surface area contributed by atoms with Crippen LogP contribution in [-0.4, -0.2) is 26.8 Å². The van der Waals surface area contributed by atoms with Crippen LogP contribution in [0.5, 0.6) is 0 Å². The molecule has 0 unspecified atom stereocenters. The number of ether oxygens (including phenoxy) is 1. The van der Waals surface area contributed by atoms with E-state index >= 15 is 0 Å². The van der Waals surface area contributed by atoms with Gasteiger partial charge in [0.15, 0.2) is 0 Å². The van der Waals surface area contributed by atoms with Gasteiger partial charge >= 0.3 is 5.97 Å². The van der Waals surface area contributed by atoms with Gasteiger partial charge in [-0.1, -0.05) is 13.8 Å². The van der Waals surface area contributed by atoms with Crippen LogP contribution in [0.25, 0.3) is 0 Å². The molecule has 18 heavy (non-hydrogen) atoms. The summed E-state index contributed by atoms with van der Waals surface area (Å²) in [6, 6.07) is 0. The highest BCUT2D eigenvalue weighted by molar-refractivity contribution is 5.69. The fraction of sp³-hybridized carbons (Fsp3) is 0.750. The molecule has 0 spiro atoms. The molecular weight excluding hydrogens is 232 g/mol. The number of nitrogens with zero attached hydrogens (tertiary/aromatic N) is 3. The van der Waals surface area contributed by atoms with Crippen LogP contribution in [0.15, 0.2) is 6.33 Å². The second-order valence-corrected chi connectivity index (χ2v) is 5.65. The standard InChI is InChI=1S/C12H20N4O2/c1-12(2)5-3-9(4-6-12)18-10(17)7-16-8-14-11(13)15-16/h8-9H,3-7H2,1-2H3,(H2,13,15). The van der Waals surface area contributed by atoms with E-state index in [0.29, 0.717) is 5.41 Å². The summed E-state index contributed by atoms with van der Waals surface area (Å²) in [4.78, 5) is 15.5. The molecule has 1 aliphatic rings. The van der Waals surface area contributed by atoms with Gasteiger partial charge in [0.1, 0.15) is 19.0 Å². The number of aromatic nitrogens is 3. The third-order valence-electron chi connectivity index (χ3n) is 3.43. The predicted octanol–water partition coefficient (Wildman–Crippen LogP) is 1.37. The molecule has 6 heteroatoms. The van der Waals surface area contributed by atoms with Gasteiger partial charge in [0.05, 0.1) is 0 Å². The first-order chi connectivity index (χ1) is 8.44. The van der Waals surface area contributed by atoms with E-state index < -0.39 is 0 Å². The maximum Gasteiger partial charge on any atom is 0.328 e. The molecule has 1 aliphatic carbocycles. The van der Waals surface area contributed by atoms with Crippen LogP contribution in [0.4, 0.5) is 5.95 Å². The Labute approximate surface area is 107 Å². The lowest BCUT2D eigenvalue weighted by atomic mass is 9.76. The topological polar surface area (TPSA) is 83.0 Å². The molecule has 1 heterocycles. The number of esters is 1. The number of hydrogen-bond donors (Lipinski definition) is 1. The summed E-state index contributed by atoms with van der Waals surface area (Å²) in [5.74, 6) is -0.105. The molecule has 1 aromatic heterocycles.